The lowest BCUT2D eigenvalue weighted by atomic mass is 9.45. The zero-order valence-electron chi connectivity index (χ0n) is 19.9. The average Bonchev–Trinajstić information content (AvgIpc) is 3.39. The van der Waals surface area contributed by atoms with Crippen LogP contribution in [-0.4, -0.2) is 18.2 Å². The smallest absolute Gasteiger partial charge is 0.188 e. The Morgan fingerprint density at radius 3 is 1.94 bits per heavy atom. The van der Waals surface area contributed by atoms with Crippen molar-refractivity contribution in [2.75, 3.05) is 6.61 Å². The van der Waals surface area contributed by atoms with Crippen LogP contribution >= 0.6 is 7.14 Å². The van der Waals surface area contributed by atoms with E-state index in [1.165, 1.54) is 12.0 Å². The predicted octanol–water partition coefficient (Wildman–Crippen LogP) is 6.22. The third-order valence-electron chi connectivity index (χ3n) is 8.81. The molecule has 5 atom stereocenters. The van der Waals surface area contributed by atoms with E-state index < -0.39 is 7.14 Å². The van der Waals surface area contributed by atoms with E-state index in [-0.39, 0.29) is 23.0 Å². The first-order valence-corrected chi connectivity index (χ1v) is 14.2. The Kier molecular flexibility index (Phi) is 5.30. The normalized spacial score (nSPS) is 29.6. The van der Waals surface area contributed by atoms with Gasteiger partial charge in [0.1, 0.15) is 19.8 Å². The van der Waals surface area contributed by atoms with Gasteiger partial charge in [-0.1, -0.05) is 105 Å². The summed E-state index contributed by atoms with van der Waals surface area (Å²) in [4.78, 5) is 5.15. The van der Waals surface area contributed by atoms with Crippen LogP contribution in [0.15, 0.2) is 96.0 Å². The molecule has 0 N–H and O–H groups in total. The van der Waals surface area contributed by atoms with Gasteiger partial charge in [0.25, 0.3) is 0 Å². The third kappa shape index (κ3) is 3.32. The molecule has 0 saturated heterocycles. The lowest BCUT2D eigenvalue weighted by molar-refractivity contribution is -0.0867. The van der Waals surface area contributed by atoms with Crippen molar-refractivity contribution in [3.05, 3.63) is 96.6 Å². The highest BCUT2D eigenvalue weighted by Gasteiger charge is 2.63. The van der Waals surface area contributed by atoms with E-state index in [4.69, 9.17) is 9.73 Å². The molecule has 1 heterocycles. The number of rotatable bonds is 5. The molecule has 34 heavy (non-hydrogen) atoms. The van der Waals surface area contributed by atoms with Gasteiger partial charge in [0.2, 0.25) is 0 Å². The Balaban J connectivity index is 1.47. The van der Waals surface area contributed by atoms with Gasteiger partial charge in [-0.2, -0.15) is 0 Å². The Morgan fingerprint density at radius 1 is 0.824 bits per heavy atom. The molecular weight excluding hydrogens is 437 g/mol. The zero-order chi connectivity index (χ0) is 23.3. The number of benzene rings is 3. The highest BCUT2D eigenvalue weighted by molar-refractivity contribution is 7.79. The number of fused-ring (bicyclic) bond motifs is 2. The Bertz CT molecular complexity index is 1200. The number of hydrogen-bond donors (Lipinski definition) is 0. The Morgan fingerprint density at radius 2 is 1.38 bits per heavy atom. The second-order valence-electron chi connectivity index (χ2n) is 10.7. The maximum atomic E-state index is 15.4. The SMILES string of the molecule is CC1(C)[C@@H]2C[C@H]1[C@H](C1=N[C@@H](c3ccccc3)CO1)[C@@H](P(=O)(c1ccccc1)c1ccccc1)C2. The minimum Gasteiger partial charge on any atom is -0.478 e. The van der Waals surface area contributed by atoms with E-state index in [1.54, 1.807) is 0 Å². The summed E-state index contributed by atoms with van der Waals surface area (Å²) in [6, 6.07) is 30.7. The van der Waals surface area contributed by atoms with Gasteiger partial charge in [-0.25, -0.2) is 4.99 Å². The van der Waals surface area contributed by atoms with Gasteiger partial charge in [0.15, 0.2) is 5.90 Å². The molecule has 2 bridgehead atoms. The molecule has 3 aliphatic carbocycles. The summed E-state index contributed by atoms with van der Waals surface area (Å²) in [5.41, 5.74) is 1.41. The maximum absolute atomic E-state index is 15.4. The zero-order valence-corrected chi connectivity index (χ0v) is 20.8. The van der Waals surface area contributed by atoms with E-state index >= 15 is 4.57 Å². The van der Waals surface area contributed by atoms with Gasteiger partial charge in [0, 0.05) is 22.2 Å². The second-order valence-corrected chi connectivity index (χ2v) is 13.7. The number of aliphatic imine (C=N–C) groups is 1. The van der Waals surface area contributed by atoms with Crippen LogP contribution in [0.5, 0.6) is 0 Å². The van der Waals surface area contributed by atoms with Gasteiger partial charge in [-0.15, -0.1) is 0 Å². The molecular formula is C30H32NO2P. The molecule has 0 unspecified atom stereocenters. The molecule has 0 amide bonds. The van der Waals surface area contributed by atoms with Gasteiger partial charge in [0.05, 0.1) is 0 Å². The van der Waals surface area contributed by atoms with Crippen LogP contribution in [0.4, 0.5) is 0 Å². The van der Waals surface area contributed by atoms with E-state index in [1.807, 2.05) is 42.5 Å². The molecule has 174 valence electrons. The number of nitrogens with zero attached hydrogens (tertiary/aromatic N) is 1. The summed E-state index contributed by atoms with van der Waals surface area (Å²) in [7, 11) is -2.92. The lowest BCUT2D eigenvalue weighted by Crippen LogP contribution is -2.60. The molecule has 3 fully saturated rings. The molecule has 1 aliphatic heterocycles. The summed E-state index contributed by atoms with van der Waals surface area (Å²) in [6.07, 6.45) is 2.13. The average molecular weight is 470 g/mol. The van der Waals surface area contributed by atoms with Crippen molar-refractivity contribution in [3.63, 3.8) is 0 Å². The summed E-state index contributed by atoms with van der Waals surface area (Å²) in [6.45, 7) is 5.34. The first-order chi connectivity index (χ1) is 16.5. The molecule has 3 nitrogen and oxygen atoms in total. The maximum Gasteiger partial charge on any atom is 0.188 e. The predicted molar refractivity (Wildman–Crippen MR) is 140 cm³/mol. The summed E-state index contributed by atoms with van der Waals surface area (Å²) in [5, 5.41) is 1.90. The monoisotopic (exact) mass is 469 g/mol. The van der Waals surface area contributed by atoms with Crippen LogP contribution in [0, 0.1) is 23.2 Å². The van der Waals surface area contributed by atoms with E-state index in [0.29, 0.717) is 18.4 Å². The summed E-state index contributed by atoms with van der Waals surface area (Å²) < 4.78 is 21.7. The standard InChI is InChI=1S/C30H32NO2P/c1-30(2)22-18-25(30)28(29-31-26(20-33-29)21-12-6-3-7-13-21)27(19-22)34(32,23-14-8-4-9-15-23)24-16-10-5-11-17-24/h3-17,22,25-28H,18-20H2,1-2H3/t22-,25+,26-,27+,28+/m1/s1. The van der Waals surface area contributed by atoms with Gasteiger partial charge >= 0.3 is 0 Å². The number of hydrogen-bond acceptors (Lipinski definition) is 3. The van der Waals surface area contributed by atoms with Crippen LogP contribution in [0.1, 0.15) is 38.3 Å². The fourth-order valence-electron chi connectivity index (χ4n) is 6.73. The molecule has 4 heteroatoms. The fraction of sp³-hybridized carbons (Fsp3) is 0.367. The van der Waals surface area contributed by atoms with E-state index in [0.717, 1.165) is 22.9 Å². The quantitative estimate of drug-likeness (QED) is 0.416. The van der Waals surface area contributed by atoms with Crippen molar-refractivity contribution in [3.8, 4) is 0 Å². The van der Waals surface area contributed by atoms with Crippen LogP contribution in [-0.2, 0) is 9.30 Å². The minimum atomic E-state index is -2.92. The van der Waals surface area contributed by atoms with Gasteiger partial charge < -0.3 is 9.30 Å². The van der Waals surface area contributed by atoms with Gasteiger partial charge in [-0.05, 0) is 35.7 Å². The van der Waals surface area contributed by atoms with Crippen molar-refractivity contribution in [2.24, 2.45) is 28.2 Å². The first kappa shape index (κ1) is 21.9. The molecule has 3 aromatic rings. The summed E-state index contributed by atoms with van der Waals surface area (Å²) >= 11 is 0. The molecule has 4 aliphatic rings. The van der Waals surface area contributed by atoms with Crippen molar-refractivity contribution >= 4 is 23.6 Å². The molecule has 3 saturated carbocycles. The Hall–Kier alpha value is -2.64. The first-order valence-electron chi connectivity index (χ1n) is 12.5. The highest BCUT2D eigenvalue weighted by Crippen LogP contribution is 2.69. The van der Waals surface area contributed by atoms with E-state index in [9.17, 15) is 0 Å². The largest absolute Gasteiger partial charge is 0.478 e. The number of ether oxygens (including phenoxy) is 1. The van der Waals surface area contributed by atoms with Crippen molar-refractivity contribution < 1.29 is 9.30 Å². The van der Waals surface area contributed by atoms with Crippen molar-refractivity contribution in [2.45, 2.75) is 38.4 Å². The van der Waals surface area contributed by atoms with Crippen LogP contribution < -0.4 is 10.6 Å². The highest BCUT2D eigenvalue weighted by atomic mass is 31.2. The van der Waals surface area contributed by atoms with E-state index in [2.05, 4.69) is 62.4 Å². The third-order valence-corrected chi connectivity index (χ3v) is 12.4. The molecule has 7 rings (SSSR count). The van der Waals surface area contributed by atoms with Crippen LogP contribution in [0.25, 0.3) is 0 Å². The van der Waals surface area contributed by atoms with Crippen LogP contribution in [0.3, 0.4) is 0 Å². The minimum absolute atomic E-state index is 0.00217. The Labute approximate surface area is 202 Å². The van der Waals surface area contributed by atoms with Gasteiger partial charge in [-0.3, -0.25) is 0 Å². The summed E-state index contributed by atoms with van der Waals surface area (Å²) in [5.74, 6) is 1.93. The van der Waals surface area contributed by atoms with Crippen molar-refractivity contribution in [1.29, 1.82) is 0 Å². The molecule has 0 aromatic heterocycles. The fourth-order valence-corrected chi connectivity index (χ4v) is 10.4. The van der Waals surface area contributed by atoms with Crippen LogP contribution in [0.2, 0.25) is 0 Å². The van der Waals surface area contributed by atoms with Crippen molar-refractivity contribution in [1.82, 2.24) is 0 Å². The topological polar surface area (TPSA) is 38.7 Å². The molecule has 0 radical (unpaired) electrons. The molecule has 0 spiro atoms. The lowest BCUT2D eigenvalue weighted by Gasteiger charge is -2.63. The second kappa shape index (κ2) is 8.24. The molecule has 3 aromatic carbocycles.